The number of fused-ring (bicyclic) bond motifs is 1. The van der Waals surface area contributed by atoms with Crippen LogP contribution in [0.5, 0.6) is 5.75 Å². The molecule has 42 heavy (non-hydrogen) atoms. The summed E-state index contributed by atoms with van der Waals surface area (Å²) in [6.45, 7) is 5.94. The second-order valence-electron chi connectivity index (χ2n) is 9.58. The summed E-state index contributed by atoms with van der Waals surface area (Å²) in [5.74, 6) is 0.132. The first-order valence-corrected chi connectivity index (χ1v) is 16.0. The average Bonchev–Trinajstić information content (AvgIpc) is 3.26. The van der Waals surface area contributed by atoms with Gasteiger partial charge in [0.1, 0.15) is 12.4 Å². The molecule has 0 aliphatic carbocycles. The minimum Gasteiger partial charge on any atom is -0.487 e. The molecule has 1 aliphatic heterocycles. The standard InChI is InChI=1S/C32H25I2N3O4S/c1-4-40-31(39)27-19(3)36-32-37(28(27)20-11-9-18(2)10-12-20)30(38)26(42-32)14-23-13-24(33)15-25(34)29(23)41-17-22-8-6-5-7-21(22)16-35/h5-15,28H,4,17H2,1-3H3/b26-14-/t28-/m0/s1. The number of aryl methyl sites for hydroxylation is 1. The Morgan fingerprint density at radius 3 is 2.60 bits per heavy atom. The molecule has 3 aromatic carbocycles. The summed E-state index contributed by atoms with van der Waals surface area (Å²) in [7, 11) is 0. The Labute approximate surface area is 274 Å². The number of aromatic nitrogens is 1. The van der Waals surface area contributed by atoms with Gasteiger partial charge in [-0.3, -0.25) is 9.36 Å². The summed E-state index contributed by atoms with van der Waals surface area (Å²) >= 11 is 5.73. The molecular weight excluding hydrogens is 776 g/mol. The number of hydrogen-bond acceptors (Lipinski definition) is 7. The molecule has 7 nitrogen and oxygen atoms in total. The zero-order chi connectivity index (χ0) is 30.0. The van der Waals surface area contributed by atoms with Gasteiger partial charge in [-0.1, -0.05) is 59.4 Å². The minimum absolute atomic E-state index is 0.206. The van der Waals surface area contributed by atoms with E-state index in [2.05, 4.69) is 56.2 Å². The van der Waals surface area contributed by atoms with Gasteiger partial charge in [0.15, 0.2) is 4.80 Å². The second-order valence-corrected chi connectivity index (χ2v) is 13.0. The first-order chi connectivity index (χ1) is 20.2. The first kappa shape index (κ1) is 30.2. The molecule has 0 saturated carbocycles. The van der Waals surface area contributed by atoms with Crippen LogP contribution in [0, 0.1) is 25.4 Å². The highest BCUT2D eigenvalue weighted by Crippen LogP contribution is 2.32. The van der Waals surface area contributed by atoms with E-state index in [0.717, 1.165) is 29.4 Å². The minimum atomic E-state index is -0.669. The third kappa shape index (κ3) is 6.09. The summed E-state index contributed by atoms with van der Waals surface area (Å²) in [6.07, 6.45) is 1.81. The molecule has 1 aliphatic rings. The van der Waals surface area contributed by atoms with Gasteiger partial charge in [-0.25, -0.2) is 9.79 Å². The number of rotatable bonds is 7. The highest BCUT2D eigenvalue weighted by molar-refractivity contribution is 14.1. The van der Waals surface area contributed by atoms with Crippen molar-refractivity contribution in [1.29, 1.82) is 5.26 Å². The molecule has 0 saturated heterocycles. The number of carbonyl (C=O) groups is 1. The van der Waals surface area contributed by atoms with Crippen LogP contribution >= 0.6 is 56.5 Å². The van der Waals surface area contributed by atoms with Crippen molar-refractivity contribution in [3.8, 4) is 11.8 Å². The van der Waals surface area contributed by atoms with Crippen LogP contribution in [0.15, 0.2) is 81.7 Å². The number of carbonyl (C=O) groups excluding carboxylic acids is 1. The van der Waals surface area contributed by atoms with Crippen LogP contribution in [0.25, 0.3) is 6.08 Å². The fourth-order valence-corrected chi connectivity index (χ4v) is 7.82. The molecule has 4 aromatic rings. The van der Waals surface area contributed by atoms with Crippen LogP contribution < -0.4 is 19.6 Å². The van der Waals surface area contributed by atoms with Crippen LogP contribution in [0.2, 0.25) is 0 Å². The van der Waals surface area contributed by atoms with Gasteiger partial charge in [0.2, 0.25) is 0 Å². The van der Waals surface area contributed by atoms with Crippen molar-refractivity contribution in [1.82, 2.24) is 4.57 Å². The summed E-state index contributed by atoms with van der Waals surface area (Å²) in [6, 6.07) is 20.6. The third-order valence-electron chi connectivity index (χ3n) is 6.74. The van der Waals surface area contributed by atoms with Crippen LogP contribution in [0.4, 0.5) is 0 Å². The van der Waals surface area contributed by atoms with Crippen molar-refractivity contribution in [3.63, 3.8) is 0 Å². The largest absolute Gasteiger partial charge is 0.487 e. The quantitative estimate of drug-likeness (QED) is 0.175. The maximum atomic E-state index is 14.1. The Hall–Kier alpha value is -3.28. The fraction of sp³-hybridized carbons (Fsp3) is 0.188. The topological polar surface area (TPSA) is 93.7 Å². The normalized spacial score (nSPS) is 14.7. The summed E-state index contributed by atoms with van der Waals surface area (Å²) in [4.78, 5) is 32.4. The number of benzene rings is 3. The van der Waals surface area contributed by atoms with Gasteiger partial charge in [0, 0.05) is 14.7 Å². The van der Waals surface area contributed by atoms with Gasteiger partial charge in [-0.05, 0) is 95.8 Å². The lowest BCUT2D eigenvalue weighted by Crippen LogP contribution is -2.39. The Morgan fingerprint density at radius 1 is 1.14 bits per heavy atom. The van der Waals surface area contributed by atoms with E-state index >= 15 is 0 Å². The van der Waals surface area contributed by atoms with Gasteiger partial charge >= 0.3 is 5.97 Å². The number of halogens is 2. The number of nitriles is 1. The van der Waals surface area contributed by atoms with E-state index in [1.807, 2.05) is 67.6 Å². The lowest BCUT2D eigenvalue weighted by atomic mass is 9.95. The van der Waals surface area contributed by atoms with Crippen LogP contribution in [-0.4, -0.2) is 17.1 Å². The molecule has 0 bridgehead atoms. The molecular formula is C32H25I2N3O4S. The van der Waals surface area contributed by atoms with E-state index in [9.17, 15) is 14.9 Å². The molecule has 1 atom stereocenters. The maximum absolute atomic E-state index is 14.1. The smallest absolute Gasteiger partial charge is 0.338 e. The number of hydrogen-bond donors (Lipinski definition) is 0. The van der Waals surface area contributed by atoms with Crippen molar-refractivity contribution in [2.45, 2.75) is 33.4 Å². The highest BCUT2D eigenvalue weighted by Gasteiger charge is 2.33. The number of nitrogens with zero attached hydrogens (tertiary/aromatic N) is 3. The van der Waals surface area contributed by atoms with Crippen LogP contribution in [0.3, 0.4) is 0 Å². The molecule has 0 radical (unpaired) electrons. The van der Waals surface area contributed by atoms with Crippen molar-refractivity contribution in [2.75, 3.05) is 6.61 Å². The number of ether oxygens (including phenoxy) is 2. The molecule has 0 fully saturated rings. The molecule has 10 heteroatoms. The highest BCUT2D eigenvalue weighted by atomic mass is 127. The summed E-state index contributed by atoms with van der Waals surface area (Å²) < 4.78 is 15.6. The van der Waals surface area contributed by atoms with E-state index in [1.54, 1.807) is 24.5 Å². The Bertz CT molecular complexity index is 1950. The molecule has 0 spiro atoms. The van der Waals surface area contributed by atoms with Gasteiger partial charge in [0.05, 0.1) is 43.7 Å². The first-order valence-electron chi connectivity index (χ1n) is 13.1. The van der Waals surface area contributed by atoms with Crippen molar-refractivity contribution in [3.05, 3.63) is 127 Å². The van der Waals surface area contributed by atoms with E-state index in [-0.39, 0.29) is 18.8 Å². The molecule has 5 rings (SSSR count). The Morgan fingerprint density at radius 2 is 1.88 bits per heavy atom. The van der Waals surface area contributed by atoms with Crippen molar-refractivity contribution < 1.29 is 14.3 Å². The van der Waals surface area contributed by atoms with E-state index in [4.69, 9.17) is 9.47 Å². The molecule has 2 heterocycles. The van der Waals surface area contributed by atoms with E-state index < -0.39 is 12.0 Å². The van der Waals surface area contributed by atoms with Gasteiger partial charge in [-0.15, -0.1) is 0 Å². The third-order valence-corrected chi connectivity index (χ3v) is 9.15. The molecule has 0 unspecified atom stereocenters. The summed E-state index contributed by atoms with van der Waals surface area (Å²) in [5, 5.41) is 9.49. The second kappa shape index (κ2) is 12.9. The average molecular weight is 801 g/mol. The van der Waals surface area contributed by atoms with Crippen LogP contribution in [0.1, 0.15) is 47.7 Å². The molecule has 212 valence electrons. The van der Waals surface area contributed by atoms with Gasteiger partial charge in [-0.2, -0.15) is 5.26 Å². The molecule has 1 aromatic heterocycles. The van der Waals surface area contributed by atoms with E-state index in [0.29, 0.717) is 31.9 Å². The monoisotopic (exact) mass is 801 g/mol. The number of allylic oxidation sites excluding steroid dienone is 1. The predicted molar refractivity (Wildman–Crippen MR) is 179 cm³/mol. The van der Waals surface area contributed by atoms with E-state index in [1.165, 1.54) is 11.3 Å². The fourth-order valence-electron chi connectivity index (χ4n) is 4.74. The molecule has 0 amide bonds. The zero-order valence-electron chi connectivity index (χ0n) is 23.0. The SMILES string of the molecule is CCOC(=O)C1=C(C)N=c2s/c(=C\c3cc(I)cc(I)c3OCc3ccccc3C#N)c(=O)n2[C@H]1c1ccc(C)cc1. The van der Waals surface area contributed by atoms with Gasteiger partial charge in [0.25, 0.3) is 5.56 Å². The van der Waals surface area contributed by atoms with Crippen LogP contribution in [-0.2, 0) is 16.1 Å². The predicted octanol–water partition coefficient (Wildman–Crippen LogP) is 5.77. The Kier molecular flexibility index (Phi) is 9.29. The zero-order valence-corrected chi connectivity index (χ0v) is 28.1. The Balaban J connectivity index is 1.65. The summed E-state index contributed by atoms with van der Waals surface area (Å²) in [5.41, 5.74) is 4.56. The lowest BCUT2D eigenvalue weighted by molar-refractivity contribution is -0.139. The lowest BCUT2D eigenvalue weighted by Gasteiger charge is -2.24. The van der Waals surface area contributed by atoms with Crippen molar-refractivity contribution >= 4 is 68.6 Å². The van der Waals surface area contributed by atoms with Crippen molar-refractivity contribution in [2.24, 2.45) is 4.99 Å². The number of esters is 1. The maximum Gasteiger partial charge on any atom is 0.338 e. The molecule has 0 N–H and O–H groups in total. The number of thiazole rings is 1. The van der Waals surface area contributed by atoms with Gasteiger partial charge < -0.3 is 9.47 Å².